The highest BCUT2D eigenvalue weighted by Crippen LogP contribution is 2.29. The second-order valence-electron chi connectivity index (χ2n) is 9.09. The second kappa shape index (κ2) is 11.6. The molecule has 38 heavy (non-hydrogen) atoms. The van der Waals surface area contributed by atoms with Gasteiger partial charge in [0.05, 0.1) is 22.3 Å². The minimum absolute atomic E-state index is 0.0308. The Hall–Kier alpha value is -2.63. The van der Waals surface area contributed by atoms with Crippen molar-refractivity contribution in [2.75, 3.05) is 23.1 Å². The Balaban J connectivity index is 1.40. The number of carbonyl (C=O) groups is 1. The summed E-state index contributed by atoms with van der Waals surface area (Å²) in [7, 11) is -7.57. The number of para-hydroxylation sites is 1. The van der Waals surface area contributed by atoms with E-state index in [-0.39, 0.29) is 33.1 Å². The van der Waals surface area contributed by atoms with Gasteiger partial charge in [-0.25, -0.2) is 21.1 Å². The second-order valence-corrected chi connectivity index (χ2v) is 13.6. The zero-order valence-electron chi connectivity index (χ0n) is 20.5. The fraction of sp³-hybridized carbons (Fsp3) is 0.269. The lowest BCUT2D eigenvalue weighted by Gasteiger charge is -2.31. The van der Waals surface area contributed by atoms with Crippen LogP contribution >= 0.6 is 23.2 Å². The number of piperidine rings is 1. The molecule has 1 unspecified atom stereocenters. The quantitative estimate of drug-likeness (QED) is 0.367. The molecule has 2 N–H and O–H groups in total. The van der Waals surface area contributed by atoms with E-state index in [4.69, 9.17) is 23.2 Å². The van der Waals surface area contributed by atoms with Crippen LogP contribution in [0.1, 0.15) is 24.0 Å². The van der Waals surface area contributed by atoms with E-state index in [1.165, 1.54) is 28.6 Å². The van der Waals surface area contributed by atoms with E-state index in [2.05, 4.69) is 10.0 Å². The van der Waals surface area contributed by atoms with Gasteiger partial charge in [-0.3, -0.25) is 9.52 Å². The van der Waals surface area contributed by atoms with Crippen molar-refractivity contribution in [3.63, 3.8) is 0 Å². The normalized spacial score (nSPS) is 16.7. The molecule has 3 aromatic carbocycles. The summed E-state index contributed by atoms with van der Waals surface area (Å²) in [6.45, 7) is 2.14. The molecular formula is C26H27Cl2N3O5S2. The van der Waals surface area contributed by atoms with Crippen LogP contribution in [0.25, 0.3) is 0 Å². The van der Waals surface area contributed by atoms with Crippen molar-refractivity contribution in [2.24, 2.45) is 5.92 Å². The molecule has 0 aliphatic carbocycles. The number of rotatable bonds is 8. The number of benzene rings is 3. The molecule has 0 bridgehead atoms. The summed E-state index contributed by atoms with van der Waals surface area (Å²) in [5.41, 5.74) is 2.01. The predicted molar refractivity (Wildman–Crippen MR) is 150 cm³/mol. The zero-order chi connectivity index (χ0) is 27.5. The molecule has 1 heterocycles. The van der Waals surface area contributed by atoms with Crippen molar-refractivity contribution in [2.45, 2.75) is 30.4 Å². The van der Waals surface area contributed by atoms with Crippen LogP contribution < -0.4 is 10.0 Å². The summed E-state index contributed by atoms with van der Waals surface area (Å²) in [6.07, 6.45) is 1.05. The van der Waals surface area contributed by atoms with Crippen LogP contribution in [-0.4, -0.2) is 40.1 Å². The monoisotopic (exact) mass is 595 g/mol. The summed E-state index contributed by atoms with van der Waals surface area (Å²) < 4.78 is 55.6. The van der Waals surface area contributed by atoms with Crippen LogP contribution in [0, 0.1) is 12.8 Å². The van der Waals surface area contributed by atoms with Gasteiger partial charge >= 0.3 is 0 Å². The molecule has 1 aliphatic rings. The minimum atomic E-state index is -3.81. The molecule has 202 valence electrons. The Labute approximate surface area is 233 Å². The summed E-state index contributed by atoms with van der Waals surface area (Å²) in [4.78, 5) is 13.0. The topological polar surface area (TPSA) is 113 Å². The maximum atomic E-state index is 13.1. The molecule has 3 aromatic rings. The Bertz CT molecular complexity index is 1530. The fourth-order valence-electron chi connectivity index (χ4n) is 4.21. The lowest BCUT2D eigenvalue weighted by atomic mass is 9.99. The number of sulfonamides is 2. The highest BCUT2D eigenvalue weighted by Gasteiger charge is 2.33. The summed E-state index contributed by atoms with van der Waals surface area (Å²) in [5, 5.41) is 3.31. The molecule has 12 heteroatoms. The van der Waals surface area contributed by atoms with Gasteiger partial charge in [0.25, 0.3) is 10.0 Å². The van der Waals surface area contributed by atoms with Crippen molar-refractivity contribution in [1.29, 1.82) is 0 Å². The van der Waals surface area contributed by atoms with Gasteiger partial charge in [-0.1, -0.05) is 47.5 Å². The highest BCUT2D eigenvalue weighted by atomic mass is 35.5. The first-order valence-electron chi connectivity index (χ1n) is 11.9. The lowest BCUT2D eigenvalue weighted by Crippen LogP contribution is -2.44. The molecule has 4 rings (SSSR count). The fourth-order valence-corrected chi connectivity index (χ4v) is 7.70. The van der Waals surface area contributed by atoms with Crippen LogP contribution in [0.4, 0.5) is 11.4 Å². The van der Waals surface area contributed by atoms with Gasteiger partial charge in [0.15, 0.2) is 0 Å². The maximum absolute atomic E-state index is 13.1. The number of hydrogen-bond acceptors (Lipinski definition) is 5. The molecular weight excluding hydrogens is 569 g/mol. The van der Waals surface area contributed by atoms with Gasteiger partial charge in [0, 0.05) is 34.4 Å². The van der Waals surface area contributed by atoms with E-state index < -0.39 is 26.0 Å². The third-order valence-electron chi connectivity index (χ3n) is 6.36. The highest BCUT2D eigenvalue weighted by molar-refractivity contribution is 7.92. The van der Waals surface area contributed by atoms with Crippen LogP contribution in [0.2, 0.25) is 10.0 Å². The molecule has 1 aliphatic heterocycles. The Kier molecular flexibility index (Phi) is 8.68. The van der Waals surface area contributed by atoms with Gasteiger partial charge < -0.3 is 5.32 Å². The molecule has 0 spiro atoms. The average molecular weight is 597 g/mol. The van der Waals surface area contributed by atoms with Gasteiger partial charge in [0.1, 0.15) is 0 Å². The molecule has 1 fully saturated rings. The number of nitrogens with one attached hydrogen (secondary N) is 2. The Morgan fingerprint density at radius 1 is 0.947 bits per heavy atom. The van der Waals surface area contributed by atoms with Gasteiger partial charge in [0.2, 0.25) is 15.9 Å². The minimum Gasteiger partial charge on any atom is -0.326 e. The standard InChI is InChI=1S/C26H27Cl2N3O5S2/c1-18-6-2-3-10-25(18)30-38(35,36)21-13-11-20(12-14-21)29-26(32)19-7-5-15-31(16-19)37(33,34)17-22-23(27)8-4-9-24(22)28/h2-4,6,8-14,19,30H,5,7,15-17H2,1H3,(H,29,32). The van der Waals surface area contributed by atoms with Crippen LogP contribution in [0.3, 0.4) is 0 Å². The van der Waals surface area contributed by atoms with E-state index >= 15 is 0 Å². The van der Waals surface area contributed by atoms with E-state index in [0.29, 0.717) is 36.3 Å². The molecule has 0 radical (unpaired) electrons. The molecule has 8 nitrogen and oxygen atoms in total. The summed E-state index contributed by atoms with van der Waals surface area (Å²) in [6, 6.07) is 17.7. The third-order valence-corrected chi connectivity index (χ3v) is 10.2. The number of halogens is 2. The zero-order valence-corrected chi connectivity index (χ0v) is 23.7. The number of aryl methyl sites for hydroxylation is 1. The SMILES string of the molecule is Cc1ccccc1NS(=O)(=O)c1ccc(NC(=O)C2CCCN(S(=O)(=O)Cc3c(Cl)cccc3Cl)C2)cc1. The van der Waals surface area contributed by atoms with Gasteiger partial charge in [-0.2, -0.15) is 0 Å². The molecule has 1 amide bonds. The van der Waals surface area contributed by atoms with Crippen molar-refractivity contribution < 1.29 is 21.6 Å². The first kappa shape index (κ1) is 28.4. The molecule has 0 aromatic heterocycles. The van der Waals surface area contributed by atoms with E-state index in [1.54, 1.807) is 43.3 Å². The Morgan fingerprint density at radius 3 is 2.26 bits per heavy atom. The summed E-state index contributed by atoms with van der Waals surface area (Å²) in [5.74, 6) is -1.26. The number of anilines is 2. The summed E-state index contributed by atoms with van der Waals surface area (Å²) >= 11 is 12.3. The number of carbonyl (C=O) groups excluding carboxylic acids is 1. The van der Waals surface area contributed by atoms with E-state index in [0.717, 1.165) is 5.56 Å². The van der Waals surface area contributed by atoms with Crippen molar-refractivity contribution in [3.8, 4) is 0 Å². The van der Waals surface area contributed by atoms with Crippen LogP contribution in [0.5, 0.6) is 0 Å². The van der Waals surface area contributed by atoms with Gasteiger partial charge in [-0.15, -0.1) is 0 Å². The molecule has 1 saturated heterocycles. The van der Waals surface area contributed by atoms with E-state index in [9.17, 15) is 21.6 Å². The first-order valence-corrected chi connectivity index (χ1v) is 15.7. The van der Waals surface area contributed by atoms with E-state index in [1.807, 2.05) is 6.07 Å². The van der Waals surface area contributed by atoms with Crippen molar-refractivity contribution >= 4 is 60.5 Å². The van der Waals surface area contributed by atoms with Crippen LogP contribution in [-0.2, 0) is 30.6 Å². The van der Waals surface area contributed by atoms with Crippen molar-refractivity contribution in [3.05, 3.63) is 87.9 Å². The van der Waals surface area contributed by atoms with Gasteiger partial charge in [-0.05, 0) is 67.8 Å². The lowest BCUT2D eigenvalue weighted by molar-refractivity contribution is -0.120. The van der Waals surface area contributed by atoms with Crippen molar-refractivity contribution in [1.82, 2.24) is 4.31 Å². The largest absolute Gasteiger partial charge is 0.326 e. The average Bonchev–Trinajstić information content (AvgIpc) is 2.88. The molecule has 0 saturated carbocycles. The molecule has 1 atom stereocenters. The maximum Gasteiger partial charge on any atom is 0.261 e. The number of hydrogen-bond donors (Lipinski definition) is 2. The van der Waals surface area contributed by atoms with Crippen LogP contribution in [0.15, 0.2) is 71.6 Å². The number of amides is 1. The predicted octanol–water partition coefficient (Wildman–Crippen LogP) is 5.28. The smallest absolute Gasteiger partial charge is 0.261 e. The third kappa shape index (κ3) is 6.68. The Morgan fingerprint density at radius 2 is 1.61 bits per heavy atom. The number of nitrogens with zero attached hydrogens (tertiary/aromatic N) is 1. The first-order chi connectivity index (χ1) is 18.0.